The third kappa shape index (κ3) is 3.16. The van der Waals surface area contributed by atoms with Crippen molar-refractivity contribution in [3.8, 4) is 0 Å². The van der Waals surface area contributed by atoms with E-state index in [9.17, 15) is 9.59 Å². The fourth-order valence-corrected chi connectivity index (χ4v) is 3.53. The molecule has 1 N–H and O–H groups in total. The number of thiophene rings is 1. The molecule has 0 saturated carbocycles. The number of amides is 2. The van der Waals surface area contributed by atoms with Gasteiger partial charge in [0.2, 0.25) is 11.8 Å². The van der Waals surface area contributed by atoms with Crippen LogP contribution in [0.25, 0.3) is 0 Å². The Kier molecular flexibility index (Phi) is 4.27. The standard InChI is InChI=1S/C13H15ClN2O2S/c1-3-13(18)16(2)7-12(17)15-9-4-5-10-8(9)6-11(14)19-10/h3,6,9H,1,4-5,7H2,2H3,(H,15,17). The molecule has 1 aromatic rings. The van der Waals surface area contributed by atoms with Crippen LogP contribution >= 0.6 is 22.9 Å². The quantitative estimate of drug-likeness (QED) is 0.866. The second-order valence-electron chi connectivity index (χ2n) is 4.49. The minimum atomic E-state index is -0.263. The molecule has 19 heavy (non-hydrogen) atoms. The van der Waals surface area contributed by atoms with Crippen LogP contribution in [0, 0.1) is 0 Å². The van der Waals surface area contributed by atoms with Gasteiger partial charge in [-0.25, -0.2) is 0 Å². The van der Waals surface area contributed by atoms with Crippen molar-refractivity contribution in [1.82, 2.24) is 10.2 Å². The Hall–Kier alpha value is -1.33. The summed E-state index contributed by atoms with van der Waals surface area (Å²) in [6, 6.07) is 1.93. The zero-order chi connectivity index (χ0) is 14.0. The van der Waals surface area contributed by atoms with Gasteiger partial charge < -0.3 is 10.2 Å². The Morgan fingerprint density at radius 1 is 1.68 bits per heavy atom. The highest BCUT2D eigenvalue weighted by Gasteiger charge is 2.26. The summed E-state index contributed by atoms with van der Waals surface area (Å²) in [5.41, 5.74) is 1.11. The minimum Gasteiger partial charge on any atom is -0.348 e. The third-order valence-corrected chi connectivity index (χ3v) is 4.45. The SMILES string of the molecule is C=CC(=O)N(C)CC(=O)NC1CCc2sc(Cl)cc21. The van der Waals surface area contributed by atoms with Crippen LogP contribution in [0.3, 0.4) is 0 Å². The van der Waals surface area contributed by atoms with Gasteiger partial charge in [-0.05, 0) is 30.5 Å². The molecule has 0 aliphatic heterocycles. The first-order valence-electron chi connectivity index (χ1n) is 5.96. The van der Waals surface area contributed by atoms with Gasteiger partial charge in [0.25, 0.3) is 0 Å². The fraction of sp³-hybridized carbons (Fsp3) is 0.385. The molecular weight excluding hydrogens is 284 g/mol. The van der Waals surface area contributed by atoms with Crippen LogP contribution in [-0.4, -0.2) is 30.3 Å². The molecule has 0 saturated heterocycles. The van der Waals surface area contributed by atoms with Crippen molar-refractivity contribution >= 4 is 34.8 Å². The Balaban J connectivity index is 1.94. The zero-order valence-corrected chi connectivity index (χ0v) is 12.2. The maximum absolute atomic E-state index is 11.9. The van der Waals surface area contributed by atoms with Gasteiger partial charge in [-0.2, -0.15) is 0 Å². The zero-order valence-electron chi connectivity index (χ0n) is 10.6. The summed E-state index contributed by atoms with van der Waals surface area (Å²) in [6.45, 7) is 3.42. The summed E-state index contributed by atoms with van der Waals surface area (Å²) in [5, 5.41) is 2.94. The van der Waals surface area contributed by atoms with Crippen LogP contribution < -0.4 is 5.32 Å². The summed E-state index contributed by atoms with van der Waals surface area (Å²) < 4.78 is 0.753. The van der Waals surface area contributed by atoms with Crippen LogP contribution in [0.1, 0.15) is 22.9 Å². The van der Waals surface area contributed by atoms with Crippen molar-refractivity contribution in [2.75, 3.05) is 13.6 Å². The summed E-state index contributed by atoms with van der Waals surface area (Å²) >= 11 is 7.53. The molecule has 1 aliphatic carbocycles. The molecule has 1 unspecified atom stereocenters. The van der Waals surface area contributed by atoms with Gasteiger partial charge in [-0.15, -0.1) is 11.3 Å². The lowest BCUT2D eigenvalue weighted by molar-refractivity contribution is -0.131. The van der Waals surface area contributed by atoms with E-state index in [1.54, 1.807) is 18.4 Å². The lowest BCUT2D eigenvalue weighted by Crippen LogP contribution is -2.38. The monoisotopic (exact) mass is 298 g/mol. The van der Waals surface area contributed by atoms with E-state index in [-0.39, 0.29) is 24.4 Å². The molecule has 6 heteroatoms. The number of rotatable bonds is 4. The van der Waals surface area contributed by atoms with E-state index in [2.05, 4.69) is 11.9 Å². The average Bonchev–Trinajstić information content (AvgIpc) is 2.89. The maximum Gasteiger partial charge on any atom is 0.246 e. The summed E-state index contributed by atoms with van der Waals surface area (Å²) in [5.74, 6) is -0.432. The predicted octanol–water partition coefficient (Wildman–Crippen LogP) is 2.15. The van der Waals surface area contributed by atoms with E-state index in [1.807, 2.05) is 6.07 Å². The predicted molar refractivity (Wildman–Crippen MR) is 76.4 cm³/mol. The molecule has 0 spiro atoms. The molecule has 0 fully saturated rings. The summed E-state index contributed by atoms with van der Waals surface area (Å²) in [6.07, 6.45) is 3.03. The van der Waals surface area contributed by atoms with Crippen LogP contribution in [-0.2, 0) is 16.0 Å². The molecule has 1 heterocycles. The normalized spacial score (nSPS) is 16.8. The molecule has 2 amide bonds. The van der Waals surface area contributed by atoms with E-state index in [1.165, 1.54) is 15.9 Å². The van der Waals surface area contributed by atoms with Crippen molar-refractivity contribution in [2.45, 2.75) is 18.9 Å². The van der Waals surface area contributed by atoms with Crippen molar-refractivity contribution in [1.29, 1.82) is 0 Å². The van der Waals surface area contributed by atoms with Crippen molar-refractivity contribution < 1.29 is 9.59 Å². The molecule has 2 rings (SSSR count). The number of likely N-dealkylation sites (N-methyl/N-ethyl adjacent to an activating group) is 1. The van der Waals surface area contributed by atoms with Gasteiger partial charge in [-0.1, -0.05) is 18.2 Å². The molecular formula is C13H15ClN2O2S. The average molecular weight is 299 g/mol. The molecule has 1 atom stereocenters. The van der Waals surface area contributed by atoms with E-state index in [0.29, 0.717) is 0 Å². The van der Waals surface area contributed by atoms with Gasteiger partial charge in [0.05, 0.1) is 16.9 Å². The topological polar surface area (TPSA) is 49.4 Å². The van der Waals surface area contributed by atoms with Crippen molar-refractivity contribution in [3.63, 3.8) is 0 Å². The maximum atomic E-state index is 11.9. The van der Waals surface area contributed by atoms with Gasteiger partial charge in [-0.3, -0.25) is 9.59 Å². The summed E-state index contributed by atoms with van der Waals surface area (Å²) in [4.78, 5) is 25.7. The van der Waals surface area contributed by atoms with Crippen LogP contribution in [0.15, 0.2) is 18.7 Å². The highest BCUT2D eigenvalue weighted by atomic mass is 35.5. The van der Waals surface area contributed by atoms with Gasteiger partial charge in [0, 0.05) is 11.9 Å². The molecule has 0 radical (unpaired) electrons. The number of nitrogens with zero attached hydrogens (tertiary/aromatic N) is 1. The number of aryl methyl sites for hydroxylation is 1. The van der Waals surface area contributed by atoms with Crippen LogP contribution in [0.2, 0.25) is 4.34 Å². The molecule has 1 aromatic heterocycles. The number of carbonyl (C=O) groups is 2. The van der Waals surface area contributed by atoms with Crippen LogP contribution in [0.5, 0.6) is 0 Å². The Labute approximate surface area is 121 Å². The van der Waals surface area contributed by atoms with Crippen molar-refractivity contribution in [2.24, 2.45) is 0 Å². The Morgan fingerprint density at radius 3 is 3.11 bits per heavy atom. The van der Waals surface area contributed by atoms with E-state index in [0.717, 1.165) is 22.7 Å². The van der Waals surface area contributed by atoms with Gasteiger partial charge >= 0.3 is 0 Å². The Morgan fingerprint density at radius 2 is 2.42 bits per heavy atom. The lowest BCUT2D eigenvalue weighted by Gasteiger charge is -2.17. The molecule has 0 aromatic carbocycles. The van der Waals surface area contributed by atoms with Gasteiger partial charge in [0.15, 0.2) is 0 Å². The number of fused-ring (bicyclic) bond motifs is 1. The molecule has 4 nitrogen and oxygen atoms in total. The smallest absolute Gasteiger partial charge is 0.246 e. The molecule has 1 aliphatic rings. The second-order valence-corrected chi connectivity index (χ2v) is 6.25. The van der Waals surface area contributed by atoms with Gasteiger partial charge in [0.1, 0.15) is 0 Å². The first kappa shape index (κ1) is 14.1. The van der Waals surface area contributed by atoms with Crippen LogP contribution in [0.4, 0.5) is 0 Å². The lowest BCUT2D eigenvalue weighted by atomic mass is 10.2. The third-order valence-electron chi connectivity index (χ3n) is 3.11. The number of hydrogen-bond acceptors (Lipinski definition) is 3. The molecule has 0 bridgehead atoms. The number of carbonyl (C=O) groups excluding carboxylic acids is 2. The Bertz CT molecular complexity index is 527. The van der Waals surface area contributed by atoms with E-state index < -0.39 is 0 Å². The minimum absolute atomic E-state index is 0.0125. The van der Waals surface area contributed by atoms with E-state index in [4.69, 9.17) is 11.6 Å². The number of halogens is 1. The first-order valence-corrected chi connectivity index (χ1v) is 7.15. The number of nitrogens with one attached hydrogen (secondary N) is 1. The van der Waals surface area contributed by atoms with E-state index >= 15 is 0 Å². The second kappa shape index (κ2) is 5.75. The molecule has 102 valence electrons. The summed E-state index contributed by atoms with van der Waals surface area (Å²) in [7, 11) is 1.57. The first-order chi connectivity index (χ1) is 9.01. The van der Waals surface area contributed by atoms with Crippen molar-refractivity contribution in [3.05, 3.63) is 33.5 Å². The highest BCUT2D eigenvalue weighted by Crippen LogP contribution is 2.39. The highest BCUT2D eigenvalue weighted by molar-refractivity contribution is 7.16. The fourth-order valence-electron chi connectivity index (χ4n) is 2.17. The largest absolute Gasteiger partial charge is 0.348 e. The number of hydrogen-bond donors (Lipinski definition) is 1.